The van der Waals surface area contributed by atoms with Gasteiger partial charge in [0.1, 0.15) is 11.9 Å². The second-order valence-electron chi connectivity index (χ2n) is 6.73. The first-order valence-corrected chi connectivity index (χ1v) is 8.95. The normalized spacial score (nSPS) is 21.1. The number of fused-ring (bicyclic) bond motifs is 1. The van der Waals surface area contributed by atoms with Crippen molar-refractivity contribution in [3.63, 3.8) is 0 Å². The second kappa shape index (κ2) is 7.26. The monoisotopic (exact) mass is 367 g/mol. The average molecular weight is 367 g/mol. The summed E-state index contributed by atoms with van der Waals surface area (Å²) in [6.07, 6.45) is 3.35. The molecule has 0 bridgehead atoms. The van der Waals surface area contributed by atoms with Gasteiger partial charge >= 0.3 is 6.09 Å². The van der Waals surface area contributed by atoms with Crippen molar-refractivity contribution in [1.29, 1.82) is 0 Å². The van der Waals surface area contributed by atoms with Crippen LogP contribution in [0.25, 0.3) is 0 Å². The summed E-state index contributed by atoms with van der Waals surface area (Å²) in [5, 5.41) is 0. The third-order valence-electron chi connectivity index (χ3n) is 5.12. The van der Waals surface area contributed by atoms with Gasteiger partial charge in [-0.3, -0.25) is 14.7 Å². The molecule has 1 aromatic heterocycles. The molecule has 2 aliphatic heterocycles. The van der Waals surface area contributed by atoms with E-state index in [0.717, 1.165) is 17.7 Å². The van der Waals surface area contributed by atoms with Crippen molar-refractivity contribution in [2.45, 2.75) is 18.6 Å². The number of hydrogen-bond donors (Lipinski definition) is 0. The highest BCUT2D eigenvalue weighted by molar-refractivity contribution is 5.94. The topological polar surface area (TPSA) is 72.0 Å². The summed E-state index contributed by atoms with van der Waals surface area (Å²) in [6, 6.07) is 11.2. The van der Waals surface area contributed by atoms with Gasteiger partial charge in [0, 0.05) is 25.5 Å². The van der Waals surface area contributed by atoms with Crippen molar-refractivity contribution in [3.05, 3.63) is 59.9 Å². The van der Waals surface area contributed by atoms with Gasteiger partial charge in [0.05, 0.1) is 25.3 Å². The average Bonchev–Trinajstić information content (AvgIpc) is 3.24. The Morgan fingerprint density at radius 2 is 2.07 bits per heavy atom. The Bertz CT molecular complexity index is 825. The number of methoxy groups -OCH3 is 1. The van der Waals surface area contributed by atoms with E-state index in [0.29, 0.717) is 25.2 Å². The molecule has 0 aliphatic carbocycles. The van der Waals surface area contributed by atoms with E-state index in [1.165, 1.54) is 0 Å². The molecule has 0 unspecified atom stereocenters. The lowest BCUT2D eigenvalue weighted by atomic mass is 10.1. The minimum atomic E-state index is -0.299. The molecule has 2 aliphatic rings. The van der Waals surface area contributed by atoms with E-state index in [1.54, 1.807) is 41.4 Å². The first kappa shape index (κ1) is 17.3. The van der Waals surface area contributed by atoms with E-state index >= 15 is 0 Å². The molecule has 7 nitrogen and oxygen atoms in total. The van der Waals surface area contributed by atoms with Crippen LogP contribution in [0.2, 0.25) is 0 Å². The van der Waals surface area contributed by atoms with Crippen molar-refractivity contribution >= 4 is 12.0 Å². The van der Waals surface area contributed by atoms with Gasteiger partial charge < -0.3 is 14.4 Å². The predicted octanol–water partition coefficient (Wildman–Crippen LogP) is 1.98. The van der Waals surface area contributed by atoms with Gasteiger partial charge in [-0.05, 0) is 36.2 Å². The van der Waals surface area contributed by atoms with Crippen LogP contribution in [0.3, 0.4) is 0 Å². The summed E-state index contributed by atoms with van der Waals surface area (Å²) in [5.74, 6) is 0.725. The lowest BCUT2D eigenvalue weighted by Crippen LogP contribution is -2.40. The Hall–Kier alpha value is -3.09. The van der Waals surface area contributed by atoms with Crippen LogP contribution in [-0.4, -0.2) is 65.7 Å². The minimum absolute atomic E-state index is 0.0800. The second-order valence-corrected chi connectivity index (χ2v) is 6.73. The molecule has 7 heteroatoms. The number of ether oxygens (including phenoxy) is 2. The summed E-state index contributed by atoms with van der Waals surface area (Å²) in [7, 11) is 1.63. The van der Waals surface area contributed by atoms with Crippen LogP contribution < -0.4 is 4.74 Å². The maximum atomic E-state index is 12.6. The molecule has 2 aromatic rings. The number of benzene rings is 1. The lowest BCUT2D eigenvalue weighted by Gasteiger charge is -2.22. The fourth-order valence-corrected chi connectivity index (χ4v) is 3.64. The van der Waals surface area contributed by atoms with Crippen LogP contribution in [0.4, 0.5) is 4.79 Å². The van der Waals surface area contributed by atoms with Crippen molar-refractivity contribution in [2.24, 2.45) is 0 Å². The maximum absolute atomic E-state index is 12.6. The number of rotatable bonds is 5. The summed E-state index contributed by atoms with van der Waals surface area (Å²) >= 11 is 0. The molecule has 2 amide bonds. The molecule has 2 fully saturated rings. The number of amides is 2. The van der Waals surface area contributed by atoms with Crippen LogP contribution in [0.15, 0.2) is 48.8 Å². The quantitative estimate of drug-likeness (QED) is 0.808. The van der Waals surface area contributed by atoms with Crippen LogP contribution in [0.5, 0.6) is 5.75 Å². The number of carbonyl (C=O) groups is 2. The highest BCUT2D eigenvalue weighted by Crippen LogP contribution is 2.28. The molecule has 3 heterocycles. The molecule has 0 radical (unpaired) electrons. The van der Waals surface area contributed by atoms with Gasteiger partial charge in [0.2, 0.25) is 0 Å². The number of hydrogen-bond acceptors (Lipinski definition) is 5. The third-order valence-corrected chi connectivity index (χ3v) is 5.12. The zero-order valence-electron chi connectivity index (χ0n) is 15.1. The van der Waals surface area contributed by atoms with Gasteiger partial charge in [0.15, 0.2) is 0 Å². The Kier molecular flexibility index (Phi) is 4.66. The van der Waals surface area contributed by atoms with Crippen molar-refractivity contribution in [2.75, 3.05) is 26.7 Å². The van der Waals surface area contributed by atoms with Gasteiger partial charge in [-0.1, -0.05) is 12.1 Å². The molecule has 0 saturated carbocycles. The van der Waals surface area contributed by atoms with Gasteiger partial charge in [-0.2, -0.15) is 0 Å². The molecular weight excluding hydrogens is 346 g/mol. The number of aromatic nitrogens is 1. The third kappa shape index (κ3) is 3.45. The number of pyridine rings is 1. The zero-order chi connectivity index (χ0) is 18.8. The first-order chi connectivity index (χ1) is 13.2. The smallest absolute Gasteiger partial charge is 0.410 e. The van der Waals surface area contributed by atoms with Crippen molar-refractivity contribution < 1.29 is 19.1 Å². The molecule has 2 saturated heterocycles. The maximum Gasteiger partial charge on any atom is 0.410 e. The molecule has 4 rings (SSSR count). The lowest BCUT2D eigenvalue weighted by molar-refractivity contribution is 0.0728. The van der Waals surface area contributed by atoms with E-state index in [1.807, 2.05) is 24.3 Å². The highest BCUT2D eigenvalue weighted by atomic mass is 16.6. The van der Waals surface area contributed by atoms with Crippen LogP contribution in [0.1, 0.15) is 15.9 Å². The van der Waals surface area contributed by atoms with Gasteiger partial charge in [-0.25, -0.2) is 4.79 Å². The molecule has 1 aromatic carbocycles. The van der Waals surface area contributed by atoms with Gasteiger partial charge in [0.25, 0.3) is 5.91 Å². The van der Waals surface area contributed by atoms with Crippen molar-refractivity contribution in [1.82, 2.24) is 14.8 Å². The molecule has 140 valence electrons. The predicted molar refractivity (Wildman–Crippen MR) is 97.6 cm³/mol. The summed E-state index contributed by atoms with van der Waals surface area (Å²) in [4.78, 5) is 32.3. The van der Waals surface area contributed by atoms with Gasteiger partial charge in [-0.15, -0.1) is 0 Å². The Balaban J connectivity index is 1.39. The number of likely N-dealkylation sites (tertiary alicyclic amines) is 1. The standard InChI is InChI=1S/C20H21N3O4/c1-26-16-6-4-14(5-7-16)8-10-23-17-12-22(13-18(17)27-20(23)25)19(24)15-3-2-9-21-11-15/h2-7,9,11,17-18H,8,10,12-13H2,1H3/t17-,18+/m1/s1. The molecular formula is C20H21N3O4. The SMILES string of the molecule is COc1ccc(CCN2C(=O)O[C@H]3CN(C(=O)c4cccnc4)C[C@H]32)cc1. The van der Waals surface area contributed by atoms with Crippen LogP contribution >= 0.6 is 0 Å². The zero-order valence-corrected chi connectivity index (χ0v) is 15.1. The summed E-state index contributed by atoms with van der Waals surface area (Å²) in [5.41, 5.74) is 1.67. The highest BCUT2D eigenvalue weighted by Gasteiger charge is 2.48. The van der Waals surface area contributed by atoms with E-state index < -0.39 is 0 Å². The van der Waals surface area contributed by atoms with E-state index in [4.69, 9.17) is 9.47 Å². The van der Waals surface area contributed by atoms with Crippen molar-refractivity contribution in [3.8, 4) is 5.75 Å². The summed E-state index contributed by atoms with van der Waals surface area (Å²) in [6.45, 7) is 1.46. The molecule has 27 heavy (non-hydrogen) atoms. The van der Waals surface area contributed by atoms with Crippen LogP contribution in [0, 0.1) is 0 Å². The molecule has 0 N–H and O–H groups in total. The summed E-state index contributed by atoms with van der Waals surface area (Å²) < 4.78 is 10.7. The van der Waals surface area contributed by atoms with E-state index in [9.17, 15) is 9.59 Å². The molecule has 0 spiro atoms. The number of carbonyl (C=O) groups excluding carboxylic acids is 2. The first-order valence-electron chi connectivity index (χ1n) is 8.95. The Morgan fingerprint density at radius 1 is 1.26 bits per heavy atom. The Morgan fingerprint density at radius 3 is 2.78 bits per heavy atom. The molecule has 2 atom stereocenters. The van der Waals surface area contributed by atoms with Crippen LogP contribution in [-0.2, 0) is 11.2 Å². The number of nitrogens with zero attached hydrogens (tertiary/aromatic N) is 3. The fraction of sp³-hybridized carbons (Fsp3) is 0.350. The van der Waals surface area contributed by atoms with E-state index in [2.05, 4.69) is 4.98 Å². The van der Waals surface area contributed by atoms with E-state index in [-0.39, 0.29) is 24.1 Å². The largest absolute Gasteiger partial charge is 0.497 e. The minimum Gasteiger partial charge on any atom is -0.497 e. The fourth-order valence-electron chi connectivity index (χ4n) is 3.64. The Labute approximate surface area is 157 Å².